The number of methoxy groups -OCH3 is 1. The van der Waals surface area contributed by atoms with E-state index in [1.807, 2.05) is 0 Å². The van der Waals surface area contributed by atoms with Crippen molar-refractivity contribution in [3.63, 3.8) is 0 Å². The Bertz CT molecular complexity index is 1120. The predicted molar refractivity (Wildman–Crippen MR) is 105 cm³/mol. The molecule has 148 valence electrons. The van der Waals surface area contributed by atoms with Crippen LogP contribution in [0.1, 0.15) is 19.5 Å². The minimum atomic E-state index is -3.92. The number of fused-ring (bicyclic) bond motifs is 1. The molecule has 0 aliphatic heterocycles. The van der Waals surface area contributed by atoms with Crippen molar-refractivity contribution >= 4 is 38.6 Å². The molecule has 2 aromatic heterocycles. The van der Waals surface area contributed by atoms with Crippen LogP contribution in [0.2, 0.25) is 5.15 Å². The molecule has 7 nitrogen and oxygen atoms in total. The molecule has 0 amide bonds. The molecule has 0 saturated heterocycles. The van der Waals surface area contributed by atoms with Crippen molar-refractivity contribution in [1.29, 1.82) is 0 Å². The highest BCUT2D eigenvalue weighted by molar-refractivity contribution is 7.90. The van der Waals surface area contributed by atoms with E-state index in [2.05, 4.69) is 4.98 Å². The van der Waals surface area contributed by atoms with Crippen LogP contribution in [0.25, 0.3) is 11.0 Å². The molecule has 0 aliphatic carbocycles. The van der Waals surface area contributed by atoms with E-state index in [4.69, 9.17) is 21.1 Å². The summed E-state index contributed by atoms with van der Waals surface area (Å²) < 4.78 is 38.1. The summed E-state index contributed by atoms with van der Waals surface area (Å²) in [5.41, 5.74) is -0.174. The third-order valence-corrected chi connectivity index (χ3v) is 6.18. The van der Waals surface area contributed by atoms with E-state index in [0.29, 0.717) is 16.7 Å². The summed E-state index contributed by atoms with van der Waals surface area (Å²) in [4.78, 5) is 16.2. The molecule has 9 heteroatoms. The number of carbonyl (C=O) groups is 1. The molecular weight excluding hydrogens is 404 g/mol. The van der Waals surface area contributed by atoms with Crippen molar-refractivity contribution in [2.45, 2.75) is 31.0 Å². The lowest BCUT2D eigenvalue weighted by atomic mass is 10.1. The number of halogens is 1. The lowest BCUT2D eigenvalue weighted by molar-refractivity contribution is -0.166. The summed E-state index contributed by atoms with van der Waals surface area (Å²) >= 11 is 5.96. The number of nitrogens with zero attached hydrogens (tertiary/aromatic N) is 2. The topological polar surface area (TPSA) is 87.5 Å². The second kappa shape index (κ2) is 7.54. The largest absolute Gasteiger partial charge is 0.467 e. The normalized spacial score (nSPS) is 12.3. The Kier molecular flexibility index (Phi) is 5.47. The quantitative estimate of drug-likeness (QED) is 0.447. The molecule has 28 heavy (non-hydrogen) atoms. The first-order valence-corrected chi connectivity index (χ1v) is 10.2. The average Bonchev–Trinajstić information content (AvgIpc) is 3.04. The minimum absolute atomic E-state index is 0.121. The van der Waals surface area contributed by atoms with Crippen molar-refractivity contribution in [3.8, 4) is 0 Å². The number of ether oxygens (including phenoxy) is 2. The smallest absolute Gasteiger partial charge is 0.337 e. The van der Waals surface area contributed by atoms with Crippen LogP contribution in [0.15, 0.2) is 53.4 Å². The van der Waals surface area contributed by atoms with Crippen molar-refractivity contribution in [2.75, 3.05) is 7.11 Å². The third-order valence-electron chi connectivity index (χ3n) is 4.19. The van der Waals surface area contributed by atoms with Gasteiger partial charge < -0.3 is 9.47 Å². The van der Waals surface area contributed by atoms with Gasteiger partial charge in [-0.1, -0.05) is 29.8 Å². The number of carbonyl (C=O) groups excluding carboxylic acids is 1. The van der Waals surface area contributed by atoms with Crippen molar-refractivity contribution in [3.05, 3.63) is 59.4 Å². The lowest BCUT2D eigenvalue weighted by Gasteiger charge is -2.22. The van der Waals surface area contributed by atoms with Crippen LogP contribution in [0.4, 0.5) is 0 Å². The molecule has 0 radical (unpaired) electrons. The van der Waals surface area contributed by atoms with E-state index < -0.39 is 21.6 Å². The molecule has 0 bridgehead atoms. The maximum absolute atomic E-state index is 13.3. The van der Waals surface area contributed by atoms with Gasteiger partial charge in [0.1, 0.15) is 5.15 Å². The van der Waals surface area contributed by atoms with Gasteiger partial charge in [0.15, 0.2) is 5.60 Å². The number of esters is 1. The molecular formula is C19H19ClN2O5S. The highest BCUT2D eigenvalue weighted by atomic mass is 35.5. The van der Waals surface area contributed by atoms with Crippen LogP contribution in [-0.2, 0) is 30.9 Å². The van der Waals surface area contributed by atoms with Crippen molar-refractivity contribution in [2.24, 2.45) is 0 Å². The number of rotatable bonds is 6. The molecule has 3 aromatic rings. The van der Waals surface area contributed by atoms with Gasteiger partial charge in [0.25, 0.3) is 10.0 Å². The first kappa shape index (κ1) is 20.3. The van der Waals surface area contributed by atoms with Gasteiger partial charge in [-0.15, -0.1) is 0 Å². The lowest BCUT2D eigenvalue weighted by Crippen LogP contribution is -2.36. The van der Waals surface area contributed by atoms with Gasteiger partial charge in [-0.25, -0.2) is 22.2 Å². The standard InChI is InChI=1S/C19H19ClN2O5S/c1-19(2,18(23)26-3)27-12-13-11-15-16(9-10-17(20)21-15)22(13)28(24,25)14-7-5-4-6-8-14/h4-11H,12H2,1-3H3. The summed E-state index contributed by atoms with van der Waals surface area (Å²) in [6, 6.07) is 12.7. The highest BCUT2D eigenvalue weighted by Crippen LogP contribution is 2.27. The van der Waals surface area contributed by atoms with E-state index in [-0.39, 0.29) is 16.7 Å². The Morgan fingerprint density at radius 3 is 2.50 bits per heavy atom. The fourth-order valence-electron chi connectivity index (χ4n) is 2.73. The third kappa shape index (κ3) is 3.76. The summed E-state index contributed by atoms with van der Waals surface area (Å²) in [7, 11) is -2.66. The summed E-state index contributed by atoms with van der Waals surface area (Å²) in [5, 5.41) is 0.240. The van der Waals surface area contributed by atoms with Crippen molar-refractivity contribution < 1.29 is 22.7 Å². The summed E-state index contributed by atoms with van der Waals surface area (Å²) in [6.07, 6.45) is 0. The summed E-state index contributed by atoms with van der Waals surface area (Å²) in [5.74, 6) is -0.567. The SMILES string of the molecule is COC(=O)C(C)(C)OCc1cc2nc(Cl)ccc2n1S(=O)(=O)c1ccccc1. The minimum Gasteiger partial charge on any atom is -0.467 e. The van der Waals surface area contributed by atoms with Crippen LogP contribution in [0.3, 0.4) is 0 Å². The Balaban J connectivity index is 2.13. The number of pyridine rings is 1. The Morgan fingerprint density at radius 2 is 1.86 bits per heavy atom. The first-order valence-electron chi connectivity index (χ1n) is 8.37. The molecule has 0 spiro atoms. The van der Waals surface area contributed by atoms with Gasteiger partial charge in [-0.05, 0) is 44.2 Å². The van der Waals surface area contributed by atoms with Gasteiger partial charge in [-0.3, -0.25) is 0 Å². The molecule has 0 N–H and O–H groups in total. The van der Waals surface area contributed by atoms with Gasteiger partial charge in [0, 0.05) is 0 Å². The van der Waals surface area contributed by atoms with E-state index in [9.17, 15) is 13.2 Å². The molecule has 0 atom stereocenters. The van der Waals surface area contributed by atoms with Crippen LogP contribution in [-0.4, -0.2) is 36.1 Å². The first-order chi connectivity index (χ1) is 13.2. The van der Waals surface area contributed by atoms with Gasteiger partial charge in [-0.2, -0.15) is 0 Å². The zero-order valence-corrected chi connectivity index (χ0v) is 17.1. The molecule has 0 unspecified atom stereocenters. The zero-order valence-electron chi connectivity index (χ0n) is 15.5. The maximum Gasteiger partial charge on any atom is 0.337 e. The van der Waals surface area contributed by atoms with Gasteiger partial charge >= 0.3 is 5.97 Å². The van der Waals surface area contributed by atoms with E-state index in [0.717, 1.165) is 3.97 Å². The van der Waals surface area contributed by atoms with E-state index >= 15 is 0 Å². The van der Waals surface area contributed by atoms with Crippen LogP contribution >= 0.6 is 11.6 Å². The van der Waals surface area contributed by atoms with Crippen LogP contribution < -0.4 is 0 Å². The number of benzene rings is 1. The second-order valence-electron chi connectivity index (χ2n) is 6.55. The van der Waals surface area contributed by atoms with E-state index in [1.165, 1.54) is 25.3 Å². The van der Waals surface area contributed by atoms with Gasteiger partial charge in [0.05, 0.1) is 35.3 Å². The second-order valence-corrected chi connectivity index (χ2v) is 8.72. The van der Waals surface area contributed by atoms with Crippen molar-refractivity contribution in [1.82, 2.24) is 8.96 Å². The monoisotopic (exact) mass is 422 g/mol. The van der Waals surface area contributed by atoms with E-state index in [1.54, 1.807) is 44.2 Å². The number of hydrogen-bond acceptors (Lipinski definition) is 6. The Hall–Kier alpha value is -2.42. The molecule has 0 saturated carbocycles. The van der Waals surface area contributed by atoms with Gasteiger partial charge in [0.2, 0.25) is 0 Å². The molecule has 3 rings (SSSR count). The fraction of sp³-hybridized carbons (Fsp3) is 0.263. The summed E-state index contributed by atoms with van der Waals surface area (Å²) in [6.45, 7) is 2.95. The maximum atomic E-state index is 13.3. The van der Waals surface area contributed by atoms with Crippen LogP contribution in [0, 0.1) is 0 Å². The molecule has 0 aliphatic rings. The fourth-order valence-corrected chi connectivity index (χ4v) is 4.43. The average molecular weight is 423 g/mol. The highest BCUT2D eigenvalue weighted by Gasteiger charge is 2.31. The zero-order chi connectivity index (χ0) is 20.5. The molecule has 0 fully saturated rings. The predicted octanol–water partition coefficient (Wildman–Crippen LogP) is 3.39. The Labute approximate surface area is 167 Å². The molecule has 1 aromatic carbocycles. The number of aromatic nitrogens is 2. The number of hydrogen-bond donors (Lipinski definition) is 0. The molecule has 2 heterocycles. The Morgan fingerprint density at radius 1 is 1.18 bits per heavy atom. The van der Waals surface area contributed by atoms with Crippen LogP contribution in [0.5, 0.6) is 0 Å².